The lowest BCUT2D eigenvalue weighted by Crippen LogP contribution is -2.34. The zero-order valence-corrected chi connectivity index (χ0v) is 25.4. The molecule has 1 aliphatic carbocycles. The zero-order valence-electron chi connectivity index (χ0n) is 25.4. The van der Waals surface area contributed by atoms with Crippen molar-refractivity contribution in [1.82, 2.24) is 4.90 Å². The molecule has 0 aromatic heterocycles. The number of methoxy groups -OCH3 is 2. The van der Waals surface area contributed by atoms with Crippen molar-refractivity contribution in [3.63, 3.8) is 0 Å². The zero-order chi connectivity index (χ0) is 29.2. The van der Waals surface area contributed by atoms with Crippen LogP contribution in [0, 0.1) is 5.92 Å². The standard InChI is InChI=1S/C35H46N2O4/c1-26(2)25-41-32-14-9-8-13-31(32)37(35(38)30-17-16-28-11-6-7-12-29(28)24-30)21-10-20-36(3)22-19-27-15-18-33(39-4)34(23-27)40-5/h8-9,13-18,23-24,26H,6-7,10-12,19-22,25H2,1-5H3. The van der Waals surface area contributed by atoms with Gasteiger partial charge in [-0.15, -0.1) is 0 Å². The van der Waals surface area contributed by atoms with E-state index in [0.717, 1.165) is 67.3 Å². The maximum absolute atomic E-state index is 14.1. The van der Waals surface area contributed by atoms with Gasteiger partial charge in [-0.1, -0.05) is 38.1 Å². The van der Waals surface area contributed by atoms with Crippen LogP contribution in [0.15, 0.2) is 60.7 Å². The van der Waals surface area contributed by atoms with Crippen LogP contribution in [0.1, 0.15) is 60.2 Å². The number of anilines is 1. The van der Waals surface area contributed by atoms with Gasteiger partial charge in [0.2, 0.25) is 0 Å². The number of likely N-dealkylation sites (N-methyl/N-ethyl adjacent to an activating group) is 1. The van der Waals surface area contributed by atoms with Crippen LogP contribution in [-0.4, -0.2) is 58.3 Å². The summed E-state index contributed by atoms with van der Waals surface area (Å²) in [6.07, 6.45) is 6.32. The van der Waals surface area contributed by atoms with Gasteiger partial charge in [-0.2, -0.15) is 0 Å². The smallest absolute Gasteiger partial charge is 0.258 e. The molecule has 1 aliphatic rings. The van der Waals surface area contributed by atoms with Crippen LogP contribution in [0.2, 0.25) is 0 Å². The third-order valence-corrected chi connectivity index (χ3v) is 7.72. The van der Waals surface area contributed by atoms with Crippen LogP contribution in [0.3, 0.4) is 0 Å². The van der Waals surface area contributed by atoms with E-state index in [1.165, 1.54) is 29.5 Å². The van der Waals surface area contributed by atoms with Crippen molar-refractivity contribution in [3.05, 3.63) is 82.9 Å². The molecule has 0 heterocycles. The number of para-hydroxylation sites is 2. The Bertz CT molecular complexity index is 1290. The second-order valence-electron chi connectivity index (χ2n) is 11.4. The number of hydrogen-bond donors (Lipinski definition) is 0. The van der Waals surface area contributed by atoms with Gasteiger partial charge in [-0.3, -0.25) is 4.79 Å². The molecule has 41 heavy (non-hydrogen) atoms. The Morgan fingerprint density at radius 3 is 2.34 bits per heavy atom. The van der Waals surface area contributed by atoms with E-state index in [0.29, 0.717) is 19.1 Å². The van der Waals surface area contributed by atoms with Crippen LogP contribution in [0.5, 0.6) is 17.2 Å². The summed E-state index contributed by atoms with van der Waals surface area (Å²) in [6, 6.07) is 20.3. The van der Waals surface area contributed by atoms with E-state index in [1.54, 1.807) is 14.2 Å². The lowest BCUT2D eigenvalue weighted by Gasteiger charge is -2.27. The number of hydrogen-bond acceptors (Lipinski definition) is 5. The average molecular weight is 559 g/mol. The number of rotatable bonds is 14. The van der Waals surface area contributed by atoms with Crippen LogP contribution in [0.25, 0.3) is 0 Å². The lowest BCUT2D eigenvalue weighted by atomic mass is 9.90. The number of aryl methyl sites for hydroxylation is 2. The number of ether oxygens (including phenoxy) is 3. The van der Waals surface area contributed by atoms with E-state index >= 15 is 0 Å². The summed E-state index contributed by atoms with van der Waals surface area (Å²) in [5, 5.41) is 0. The summed E-state index contributed by atoms with van der Waals surface area (Å²) in [4.78, 5) is 18.3. The summed E-state index contributed by atoms with van der Waals surface area (Å²) in [6.45, 7) is 7.26. The Morgan fingerprint density at radius 2 is 1.59 bits per heavy atom. The van der Waals surface area contributed by atoms with Crippen LogP contribution in [0.4, 0.5) is 5.69 Å². The van der Waals surface area contributed by atoms with E-state index in [9.17, 15) is 4.79 Å². The van der Waals surface area contributed by atoms with Crippen molar-refractivity contribution in [2.24, 2.45) is 5.92 Å². The van der Waals surface area contributed by atoms with Gasteiger partial charge in [0.05, 0.1) is 26.5 Å². The topological polar surface area (TPSA) is 51.2 Å². The molecule has 0 fully saturated rings. The molecule has 0 spiro atoms. The molecule has 0 radical (unpaired) electrons. The highest BCUT2D eigenvalue weighted by Gasteiger charge is 2.23. The molecule has 4 rings (SSSR count). The molecule has 0 saturated carbocycles. The highest BCUT2D eigenvalue weighted by Crippen LogP contribution is 2.31. The molecule has 3 aromatic carbocycles. The van der Waals surface area contributed by atoms with Gasteiger partial charge in [0.25, 0.3) is 5.91 Å². The van der Waals surface area contributed by atoms with Gasteiger partial charge in [-0.25, -0.2) is 0 Å². The molecular formula is C35H46N2O4. The van der Waals surface area contributed by atoms with Gasteiger partial charge in [0, 0.05) is 18.7 Å². The van der Waals surface area contributed by atoms with Crippen molar-refractivity contribution >= 4 is 11.6 Å². The van der Waals surface area contributed by atoms with Crippen molar-refractivity contribution in [1.29, 1.82) is 0 Å². The molecule has 0 unspecified atom stereocenters. The Hall–Kier alpha value is -3.51. The minimum absolute atomic E-state index is 0.0342. The van der Waals surface area contributed by atoms with E-state index in [2.05, 4.69) is 44.0 Å². The number of fused-ring (bicyclic) bond motifs is 1. The summed E-state index contributed by atoms with van der Waals surface area (Å²) in [7, 11) is 5.45. The molecule has 1 amide bonds. The van der Waals surface area contributed by atoms with Crippen molar-refractivity contribution in [2.45, 2.75) is 52.4 Å². The molecule has 6 nitrogen and oxygen atoms in total. The van der Waals surface area contributed by atoms with Crippen molar-refractivity contribution < 1.29 is 19.0 Å². The minimum Gasteiger partial charge on any atom is -0.493 e. The predicted molar refractivity (Wildman–Crippen MR) is 167 cm³/mol. The largest absolute Gasteiger partial charge is 0.493 e. The van der Waals surface area contributed by atoms with Gasteiger partial charge < -0.3 is 24.0 Å². The third kappa shape index (κ3) is 8.26. The molecule has 220 valence electrons. The molecule has 0 saturated heterocycles. The summed E-state index contributed by atoms with van der Waals surface area (Å²) < 4.78 is 17.0. The number of amides is 1. The van der Waals surface area contributed by atoms with Crippen molar-refractivity contribution in [2.75, 3.05) is 52.4 Å². The number of carbonyl (C=O) groups excluding carboxylic acids is 1. The van der Waals surface area contributed by atoms with Crippen LogP contribution >= 0.6 is 0 Å². The number of nitrogens with zero attached hydrogens (tertiary/aromatic N) is 2. The van der Waals surface area contributed by atoms with Gasteiger partial charge in [-0.05, 0) is 111 Å². The maximum Gasteiger partial charge on any atom is 0.258 e. The summed E-state index contributed by atoms with van der Waals surface area (Å²) >= 11 is 0. The SMILES string of the molecule is COc1ccc(CCN(C)CCCN(C(=O)c2ccc3c(c2)CCCC3)c2ccccc2OCC(C)C)cc1OC. The Labute approximate surface area is 246 Å². The van der Waals surface area contributed by atoms with E-state index in [4.69, 9.17) is 14.2 Å². The van der Waals surface area contributed by atoms with Crippen LogP contribution in [-0.2, 0) is 19.3 Å². The Kier molecular flexibility index (Phi) is 11.1. The van der Waals surface area contributed by atoms with E-state index in [1.807, 2.05) is 47.4 Å². The fourth-order valence-corrected chi connectivity index (χ4v) is 5.38. The number of carbonyl (C=O) groups is 1. The van der Waals surface area contributed by atoms with E-state index in [-0.39, 0.29) is 5.91 Å². The Balaban J connectivity index is 1.46. The maximum atomic E-state index is 14.1. The molecule has 0 bridgehead atoms. The van der Waals surface area contributed by atoms with Crippen LogP contribution < -0.4 is 19.1 Å². The normalized spacial score (nSPS) is 12.8. The highest BCUT2D eigenvalue weighted by atomic mass is 16.5. The molecule has 3 aromatic rings. The number of benzene rings is 3. The van der Waals surface area contributed by atoms with E-state index < -0.39 is 0 Å². The molecular weight excluding hydrogens is 512 g/mol. The first-order valence-electron chi connectivity index (χ1n) is 14.9. The molecule has 6 heteroatoms. The Morgan fingerprint density at radius 1 is 0.829 bits per heavy atom. The molecule has 0 N–H and O–H groups in total. The molecule has 0 aliphatic heterocycles. The fourth-order valence-electron chi connectivity index (χ4n) is 5.38. The first-order chi connectivity index (χ1) is 19.9. The van der Waals surface area contributed by atoms with Gasteiger partial charge in [0.1, 0.15) is 5.75 Å². The minimum atomic E-state index is 0.0342. The summed E-state index contributed by atoms with van der Waals surface area (Å²) in [5.74, 6) is 2.68. The third-order valence-electron chi connectivity index (χ3n) is 7.72. The van der Waals surface area contributed by atoms with Crippen molar-refractivity contribution in [3.8, 4) is 17.2 Å². The summed E-state index contributed by atoms with van der Waals surface area (Å²) in [5.41, 5.74) is 5.50. The second kappa shape index (κ2) is 14.9. The quantitative estimate of drug-likeness (QED) is 0.217. The first kappa shape index (κ1) is 30.4. The highest BCUT2D eigenvalue weighted by molar-refractivity contribution is 6.07. The lowest BCUT2D eigenvalue weighted by molar-refractivity contribution is 0.0984. The fraction of sp³-hybridized carbons (Fsp3) is 0.457. The predicted octanol–water partition coefficient (Wildman–Crippen LogP) is 6.83. The monoisotopic (exact) mass is 558 g/mol. The van der Waals surface area contributed by atoms with Gasteiger partial charge in [0.15, 0.2) is 11.5 Å². The average Bonchev–Trinajstić information content (AvgIpc) is 3.00. The first-order valence-corrected chi connectivity index (χ1v) is 14.9. The molecule has 0 atom stereocenters. The van der Waals surface area contributed by atoms with Gasteiger partial charge >= 0.3 is 0 Å². The second-order valence-corrected chi connectivity index (χ2v) is 11.4.